The maximum absolute atomic E-state index is 12.9. The van der Waals surface area contributed by atoms with Gasteiger partial charge in [0.05, 0.1) is 19.8 Å². The van der Waals surface area contributed by atoms with E-state index < -0.39 is 11.6 Å². The third kappa shape index (κ3) is 3.79. The van der Waals surface area contributed by atoms with Crippen LogP contribution >= 0.6 is 0 Å². The molecule has 0 bridgehead atoms. The summed E-state index contributed by atoms with van der Waals surface area (Å²) >= 11 is 0. The third-order valence-electron chi connectivity index (χ3n) is 5.25. The van der Waals surface area contributed by atoms with Gasteiger partial charge in [0, 0.05) is 58.0 Å². The highest BCUT2D eigenvalue weighted by Gasteiger charge is 2.55. The maximum Gasteiger partial charge on any atom is 0.360 e. The average molecular weight is 437 g/mol. The van der Waals surface area contributed by atoms with E-state index in [1.807, 2.05) is 62.3 Å². The number of carbonyl (C=O) groups excluding carboxylic acids is 1. The van der Waals surface area contributed by atoms with E-state index in [1.54, 1.807) is 19.3 Å². The Morgan fingerprint density at radius 1 is 1.12 bits per heavy atom. The highest BCUT2D eigenvalue weighted by atomic mass is 16.6. The van der Waals surface area contributed by atoms with E-state index in [1.165, 1.54) is 19.5 Å². The van der Waals surface area contributed by atoms with Crippen molar-refractivity contribution in [3.8, 4) is 5.75 Å². The van der Waals surface area contributed by atoms with E-state index in [-0.39, 0.29) is 5.69 Å². The predicted molar refractivity (Wildman–Crippen MR) is 123 cm³/mol. The number of allylic oxidation sites excluding steroid dienone is 3. The van der Waals surface area contributed by atoms with E-state index in [0.29, 0.717) is 22.8 Å². The number of cyclic esters (lactones) is 1. The van der Waals surface area contributed by atoms with Gasteiger partial charge in [0.25, 0.3) is 0 Å². The number of hydrogen-bond donors (Lipinski definition) is 0. The van der Waals surface area contributed by atoms with Crippen molar-refractivity contribution in [3.63, 3.8) is 0 Å². The quantitative estimate of drug-likeness (QED) is 0.355. The van der Waals surface area contributed by atoms with E-state index in [4.69, 9.17) is 14.2 Å². The first kappa shape index (κ1) is 22.9. The lowest BCUT2D eigenvalue weighted by molar-refractivity contribution is 0.00242. The Balaban J connectivity index is 2.35. The standard InChI is InChI=1S/C24H28N4O4/c1-8-16(27(2)3)10-12-20(31-7)24(22-21(23(29)32-24)25-13-14-26-22)18-11-9-17(28(4)5)15-19(18)30-6/h8-15H,1H2,2-7H3/b16-10+,20-12-. The minimum Gasteiger partial charge on any atom is -0.496 e. The van der Waals surface area contributed by atoms with E-state index >= 15 is 0 Å². The first-order chi connectivity index (χ1) is 15.3. The second-order valence-corrected chi connectivity index (χ2v) is 7.53. The Bertz CT molecular complexity index is 1090. The Labute approximate surface area is 188 Å². The van der Waals surface area contributed by atoms with Crippen LogP contribution in [0.15, 0.2) is 66.9 Å². The van der Waals surface area contributed by atoms with E-state index in [9.17, 15) is 4.79 Å². The second-order valence-electron chi connectivity index (χ2n) is 7.53. The van der Waals surface area contributed by atoms with Gasteiger partial charge in [-0.15, -0.1) is 0 Å². The van der Waals surface area contributed by atoms with Crippen LogP contribution in [0.5, 0.6) is 5.75 Å². The van der Waals surface area contributed by atoms with Crippen LogP contribution in [0.25, 0.3) is 0 Å². The molecule has 8 heteroatoms. The zero-order valence-corrected chi connectivity index (χ0v) is 19.2. The highest BCUT2D eigenvalue weighted by molar-refractivity contribution is 5.93. The number of fused-ring (bicyclic) bond motifs is 1. The van der Waals surface area contributed by atoms with Crippen molar-refractivity contribution in [2.24, 2.45) is 0 Å². The molecule has 3 rings (SSSR count). The molecule has 1 atom stereocenters. The van der Waals surface area contributed by atoms with Gasteiger partial charge in [0.1, 0.15) is 11.4 Å². The van der Waals surface area contributed by atoms with Crippen molar-refractivity contribution in [1.82, 2.24) is 14.9 Å². The molecule has 0 amide bonds. The SMILES string of the molecule is C=C/C(=C\C=C(/OC)C1(c2ccc(N(C)C)cc2OC)OC(=O)c2nccnc21)N(C)C. The molecule has 1 unspecified atom stereocenters. The molecule has 1 aliphatic heterocycles. The van der Waals surface area contributed by atoms with Crippen molar-refractivity contribution >= 4 is 11.7 Å². The lowest BCUT2D eigenvalue weighted by Gasteiger charge is -2.31. The van der Waals surface area contributed by atoms with Gasteiger partial charge in [0.15, 0.2) is 11.5 Å². The van der Waals surface area contributed by atoms with Crippen molar-refractivity contribution in [3.05, 3.63) is 83.8 Å². The topological polar surface area (TPSA) is 77.0 Å². The predicted octanol–water partition coefficient (Wildman–Crippen LogP) is 3.13. The smallest absolute Gasteiger partial charge is 0.360 e. The summed E-state index contributed by atoms with van der Waals surface area (Å²) in [6.45, 7) is 3.85. The molecule has 0 aliphatic carbocycles. The number of anilines is 1. The Morgan fingerprint density at radius 3 is 2.44 bits per heavy atom. The Hall–Kier alpha value is -3.81. The monoisotopic (exact) mass is 436 g/mol. The number of hydrogen-bond acceptors (Lipinski definition) is 8. The Kier molecular flexibility index (Phi) is 6.53. The van der Waals surface area contributed by atoms with Gasteiger partial charge in [-0.3, -0.25) is 4.98 Å². The van der Waals surface area contributed by atoms with Gasteiger partial charge >= 0.3 is 5.97 Å². The molecule has 8 nitrogen and oxygen atoms in total. The van der Waals surface area contributed by atoms with Crippen LogP contribution in [0.3, 0.4) is 0 Å². The number of methoxy groups -OCH3 is 2. The summed E-state index contributed by atoms with van der Waals surface area (Å²) in [6, 6.07) is 5.64. The second kappa shape index (κ2) is 9.13. The number of ether oxygens (including phenoxy) is 3. The average Bonchev–Trinajstić information content (AvgIpc) is 3.09. The fourth-order valence-electron chi connectivity index (χ4n) is 3.60. The highest BCUT2D eigenvalue weighted by Crippen LogP contribution is 2.49. The molecule has 0 saturated carbocycles. The third-order valence-corrected chi connectivity index (χ3v) is 5.25. The summed E-state index contributed by atoms with van der Waals surface area (Å²) in [5.74, 6) is 0.281. The van der Waals surface area contributed by atoms with Crippen molar-refractivity contribution in [1.29, 1.82) is 0 Å². The van der Waals surface area contributed by atoms with Crippen LogP contribution in [0, 0.1) is 0 Å². The number of benzene rings is 1. The molecule has 0 N–H and O–H groups in total. The molecule has 32 heavy (non-hydrogen) atoms. The molecule has 1 aliphatic rings. The lowest BCUT2D eigenvalue weighted by Crippen LogP contribution is -2.33. The molecule has 0 spiro atoms. The van der Waals surface area contributed by atoms with Gasteiger partial charge in [-0.1, -0.05) is 6.58 Å². The first-order valence-electron chi connectivity index (χ1n) is 9.97. The molecular formula is C24H28N4O4. The maximum atomic E-state index is 12.9. The van der Waals surface area contributed by atoms with Crippen molar-refractivity contribution in [2.45, 2.75) is 5.60 Å². The fourth-order valence-corrected chi connectivity index (χ4v) is 3.60. The summed E-state index contributed by atoms with van der Waals surface area (Å²) in [6.07, 6.45) is 8.27. The molecular weight excluding hydrogens is 408 g/mol. The van der Waals surface area contributed by atoms with Crippen molar-refractivity contribution in [2.75, 3.05) is 47.3 Å². The van der Waals surface area contributed by atoms with Crippen LogP contribution in [-0.4, -0.2) is 63.2 Å². The normalized spacial score (nSPS) is 18.0. The first-order valence-corrected chi connectivity index (χ1v) is 9.97. The molecule has 168 valence electrons. The largest absolute Gasteiger partial charge is 0.496 e. The number of nitrogens with zero attached hydrogens (tertiary/aromatic N) is 4. The van der Waals surface area contributed by atoms with Gasteiger partial charge in [-0.25, -0.2) is 9.78 Å². The molecule has 2 aromatic rings. The van der Waals surface area contributed by atoms with Crippen LogP contribution in [0.2, 0.25) is 0 Å². The van der Waals surface area contributed by atoms with Gasteiger partial charge in [0.2, 0.25) is 5.60 Å². The van der Waals surface area contributed by atoms with Gasteiger partial charge < -0.3 is 24.0 Å². The van der Waals surface area contributed by atoms with Crippen LogP contribution in [0.4, 0.5) is 5.69 Å². The number of rotatable bonds is 8. The number of likely N-dealkylation sites (N-methyl/N-ethyl adjacent to an activating group) is 1. The zero-order valence-electron chi connectivity index (χ0n) is 19.2. The number of esters is 1. The summed E-state index contributed by atoms with van der Waals surface area (Å²) in [4.78, 5) is 25.4. The number of aromatic nitrogens is 2. The minimum atomic E-state index is -1.47. The van der Waals surface area contributed by atoms with Gasteiger partial charge in [-0.05, 0) is 30.4 Å². The Morgan fingerprint density at radius 2 is 1.84 bits per heavy atom. The minimum absolute atomic E-state index is 0.134. The molecule has 0 radical (unpaired) electrons. The zero-order chi connectivity index (χ0) is 23.5. The summed E-state index contributed by atoms with van der Waals surface area (Å²) in [5.41, 5.74) is 1.34. The van der Waals surface area contributed by atoms with Crippen LogP contribution in [0.1, 0.15) is 21.7 Å². The van der Waals surface area contributed by atoms with E-state index in [2.05, 4.69) is 16.5 Å². The fraction of sp³-hybridized carbons (Fsp3) is 0.292. The molecule has 1 aromatic heterocycles. The molecule has 0 saturated heterocycles. The van der Waals surface area contributed by atoms with Crippen LogP contribution in [-0.2, 0) is 15.1 Å². The summed E-state index contributed by atoms with van der Waals surface area (Å²) in [7, 11) is 10.8. The molecule has 0 fully saturated rings. The molecule has 2 heterocycles. The number of carbonyl (C=O) groups is 1. The summed E-state index contributed by atoms with van der Waals surface area (Å²) < 4.78 is 17.5. The summed E-state index contributed by atoms with van der Waals surface area (Å²) in [5, 5.41) is 0. The molecule has 1 aromatic carbocycles. The van der Waals surface area contributed by atoms with Crippen molar-refractivity contribution < 1.29 is 19.0 Å². The van der Waals surface area contributed by atoms with Crippen LogP contribution < -0.4 is 9.64 Å². The van der Waals surface area contributed by atoms with E-state index in [0.717, 1.165) is 11.4 Å². The van der Waals surface area contributed by atoms with Gasteiger partial charge in [-0.2, -0.15) is 0 Å². The lowest BCUT2D eigenvalue weighted by atomic mass is 9.86.